The van der Waals surface area contributed by atoms with Crippen molar-refractivity contribution in [1.82, 2.24) is 14.5 Å². The predicted octanol–water partition coefficient (Wildman–Crippen LogP) is 0.719. The van der Waals surface area contributed by atoms with Gasteiger partial charge in [0.05, 0.1) is 17.1 Å². The Kier molecular flexibility index (Phi) is 3.05. The first-order chi connectivity index (χ1) is 11.5. The van der Waals surface area contributed by atoms with E-state index in [1.165, 1.54) is 12.3 Å². The van der Waals surface area contributed by atoms with E-state index >= 15 is 0 Å². The van der Waals surface area contributed by atoms with Crippen molar-refractivity contribution < 1.29 is 14.0 Å². The standard InChI is InChI=1S/C16H14N4O4/c17-14(21)9-5-11(18-6-9)15(22)19-7-10(8-19)20-12-3-1-2-4-13(12)24-16(20)23/h1-6,10,18H,7-8H2,(H2,17,21). The quantitative estimate of drug-likeness (QED) is 0.738. The molecule has 3 heterocycles. The summed E-state index contributed by atoms with van der Waals surface area (Å²) in [6.45, 7) is 0.792. The molecule has 3 N–H and O–H groups in total. The SMILES string of the molecule is NC(=O)c1c[nH]c(C(=O)N2CC(n3c(=O)oc4ccccc43)C2)c1. The van der Waals surface area contributed by atoms with E-state index in [2.05, 4.69) is 4.98 Å². The van der Waals surface area contributed by atoms with Crippen LogP contribution in [0.25, 0.3) is 11.1 Å². The molecule has 8 heteroatoms. The molecule has 8 nitrogen and oxygen atoms in total. The molecule has 4 rings (SSSR count). The first-order valence-corrected chi connectivity index (χ1v) is 7.42. The molecule has 0 saturated carbocycles. The Labute approximate surface area is 135 Å². The Morgan fingerprint density at radius 1 is 1.25 bits per heavy atom. The number of nitrogens with two attached hydrogens (primary N) is 1. The van der Waals surface area contributed by atoms with Crippen LogP contribution in [0.2, 0.25) is 0 Å². The lowest BCUT2D eigenvalue weighted by molar-refractivity contribution is 0.0510. The fraction of sp³-hybridized carbons (Fsp3) is 0.188. The molecule has 1 aromatic carbocycles. The third-order valence-electron chi connectivity index (χ3n) is 4.23. The maximum atomic E-state index is 12.4. The van der Waals surface area contributed by atoms with Crippen molar-refractivity contribution in [3.63, 3.8) is 0 Å². The maximum Gasteiger partial charge on any atom is 0.420 e. The van der Waals surface area contributed by atoms with Crippen molar-refractivity contribution in [3.8, 4) is 0 Å². The number of H-pyrrole nitrogens is 1. The maximum absolute atomic E-state index is 12.4. The molecule has 0 spiro atoms. The average molecular weight is 326 g/mol. The predicted molar refractivity (Wildman–Crippen MR) is 84.7 cm³/mol. The summed E-state index contributed by atoms with van der Waals surface area (Å²) in [5.41, 5.74) is 6.98. The molecule has 1 aliphatic rings. The fourth-order valence-electron chi connectivity index (χ4n) is 2.94. The molecule has 0 atom stereocenters. The average Bonchev–Trinajstić information content (AvgIpc) is 3.11. The number of benzene rings is 1. The second kappa shape index (κ2) is 5.12. The van der Waals surface area contributed by atoms with Gasteiger partial charge in [-0.1, -0.05) is 12.1 Å². The number of rotatable bonds is 3. The van der Waals surface area contributed by atoms with Gasteiger partial charge in [0.25, 0.3) is 5.91 Å². The normalized spacial score (nSPS) is 14.8. The summed E-state index contributed by atoms with van der Waals surface area (Å²) in [5.74, 6) is -1.26. The monoisotopic (exact) mass is 326 g/mol. The Hall–Kier alpha value is -3.29. The van der Waals surface area contributed by atoms with Gasteiger partial charge in [-0.25, -0.2) is 4.79 Å². The number of nitrogens with one attached hydrogen (secondary N) is 1. The molecule has 0 bridgehead atoms. The second-order valence-electron chi connectivity index (χ2n) is 5.74. The van der Waals surface area contributed by atoms with E-state index in [4.69, 9.17) is 10.2 Å². The highest BCUT2D eigenvalue weighted by Gasteiger charge is 2.35. The molecule has 0 unspecified atom stereocenters. The van der Waals surface area contributed by atoms with Crippen molar-refractivity contribution in [2.24, 2.45) is 5.73 Å². The van der Waals surface area contributed by atoms with Gasteiger partial charge in [0.1, 0.15) is 5.69 Å². The zero-order valence-corrected chi connectivity index (χ0v) is 12.6. The van der Waals surface area contributed by atoms with E-state index in [1.807, 2.05) is 12.1 Å². The molecular weight excluding hydrogens is 312 g/mol. The van der Waals surface area contributed by atoms with E-state index in [0.29, 0.717) is 24.4 Å². The summed E-state index contributed by atoms with van der Waals surface area (Å²) in [6.07, 6.45) is 1.40. The van der Waals surface area contributed by atoms with E-state index in [1.54, 1.807) is 21.6 Å². The summed E-state index contributed by atoms with van der Waals surface area (Å²) in [7, 11) is 0. The van der Waals surface area contributed by atoms with Crippen LogP contribution in [0.1, 0.15) is 26.9 Å². The summed E-state index contributed by atoms with van der Waals surface area (Å²) < 4.78 is 6.78. The summed E-state index contributed by atoms with van der Waals surface area (Å²) in [5, 5.41) is 0. The van der Waals surface area contributed by atoms with Gasteiger partial charge in [0.2, 0.25) is 5.91 Å². The van der Waals surface area contributed by atoms with Crippen LogP contribution in [-0.2, 0) is 0 Å². The molecule has 1 aliphatic heterocycles. The third-order valence-corrected chi connectivity index (χ3v) is 4.23. The molecule has 3 aromatic rings. The minimum Gasteiger partial charge on any atom is -0.408 e. The lowest BCUT2D eigenvalue weighted by Gasteiger charge is -2.39. The second-order valence-corrected chi connectivity index (χ2v) is 5.74. The van der Waals surface area contributed by atoms with Gasteiger partial charge >= 0.3 is 5.76 Å². The number of para-hydroxylation sites is 2. The highest BCUT2D eigenvalue weighted by molar-refractivity contribution is 5.98. The number of hydrogen-bond acceptors (Lipinski definition) is 4. The summed E-state index contributed by atoms with van der Waals surface area (Å²) >= 11 is 0. The van der Waals surface area contributed by atoms with Crippen molar-refractivity contribution in [1.29, 1.82) is 0 Å². The highest BCUT2D eigenvalue weighted by atomic mass is 16.4. The van der Waals surface area contributed by atoms with Gasteiger partial charge in [-0.3, -0.25) is 14.2 Å². The Balaban J connectivity index is 1.53. The molecule has 0 radical (unpaired) electrons. The lowest BCUT2D eigenvalue weighted by Crippen LogP contribution is -2.52. The number of amides is 2. The molecule has 0 aliphatic carbocycles. The van der Waals surface area contributed by atoms with Crippen molar-refractivity contribution >= 4 is 22.9 Å². The van der Waals surface area contributed by atoms with Crippen LogP contribution in [0.3, 0.4) is 0 Å². The van der Waals surface area contributed by atoms with Crippen molar-refractivity contribution in [2.45, 2.75) is 6.04 Å². The number of aromatic nitrogens is 2. The van der Waals surface area contributed by atoms with Crippen LogP contribution < -0.4 is 11.5 Å². The number of carbonyl (C=O) groups excluding carboxylic acids is 2. The Bertz CT molecular complexity index is 1010. The third kappa shape index (κ3) is 2.11. The number of oxazole rings is 1. The number of aromatic amines is 1. The molecule has 2 aromatic heterocycles. The first kappa shape index (κ1) is 14.3. The Morgan fingerprint density at radius 3 is 2.71 bits per heavy atom. The molecule has 122 valence electrons. The minimum atomic E-state index is -0.594. The van der Waals surface area contributed by atoms with Gasteiger partial charge in [-0.05, 0) is 18.2 Å². The fourth-order valence-corrected chi connectivity index (χ4v) is 2.94. The molecule has 1 fully saturated rings. The molecule has 2 amide bonds. The van der Waals surface area contributed by atoms with Crippen LogP contribution >= 0.6 is 0 Å². The van der Waals surface area contributed by atoms with Gasteiger partial charge in [-0.15, -0.1) is 0 Å². The van der Waals surface area contributed by atoms with E-state index < -0.39 is 11.7 Å². The van der Waals surface area contributed by atoms with Crippen LogP contribution in [0.4, 0.5) is 0 Å². The molecule has 24 heavy (non-hydrogen) atoms. The molecular formula is C16H14N4O4. The lowest BCUT2D eigenvalue weighted by atomic mass is 10.1. The van der Waals surface area contributed by atoms with E-state index in [9.17, 15) is 14.4 Å². The minimum absolute atomic E-state index is 0.129. The van der Waals surface area contributed by atoms with Crippen molar-refractivity contribution in [2.75, 3.05) is 13.1 Å². The van der Waals surface area contributed by atoms with E-state index in [-0.39, 0.29) is 17.5 Å². The smallest absolute Gasteiger partial charge is 0.408 e. The summed E-state index contributed by atoms with van der Waals surface area (Å²) in [4.78, 5) is 39.8. The van der Waals surface area contributed by atoms with E-state index in [0.717, 1.165) is 5.52 Å². The topological polar surface area (TPSA) is 114 Å². The zero-order valence-electron chi connectivity index (χ0n) is 12.6. The Morgan fingerprint density at radius 2 is 2.00 bits per heavy atom. The number of primary amides is 1. The number of carbonyl (C=O) groups is 2. The van der Waals surface area contributed by atoms with Crippen LogP contribution in [0, 0.1) is 0 Å². The van der Waals surface area contributed by atoms with Crippen LogP contribution in [-0.4, -0.2) is 39.4 Å². The summed E-state index contributed by atoms with van der Waals surface area (Å²) in [6, 6.07) is 8.48. The molecule has 1 saturated heterocycles. The van der Waals surface area contributed by atoms with Crippen molar-refractivity contribution in [3.05, 3.63) is 58.3 Å². The van der Waals surface area contributed by atoms with Gasteiger partial charge < -0.3 is 20.0 Å². The number of nitrogens with zero attached hydrogens (tertiary/aromatic N) is 2. The largest absolute Gasteiger partial charge is 0.420 e. The highest BCUT2D eigenvalue weighted by Crippen LogP contribution is 2.26. The number of fused-ring (bicyclic) bond motifs is 1. The van der Waals surface area contributed by atoms with Gasteiger partial charge in [0, 0.05) is 19.3 Å². The zero-order chi connectivity index (χ0) is 16.8. The van der Waals surface area contributed by atoms with Gasteiger partial charge in [-0.2, -0.15) is 0 Å². The van der Waals surface area contributed by atoms with Gasteiger partial charge in [0.15, 0.2) is 5.58 Å². The van der Waals surface area contributed by atoms with Crippen LogP contribution in [0.15, 0.2) is 45.7 Å². The van der Waals surface area contributed by atoms with Crippen LogP contribution in [0.5, 0.6) is 0 Å². The number of hydrogen-bond donors (Lipinski definition) is 2. The first-order valence-electron chi connectivity index (χ1n) is 7.42. The number of likely N-dealkylation sites (tertiary alicyclic amines) is 1.